The fraction of sp³-hybridized carbons (Fsp3) is 0.448. The van der Waals surface area contributed by atoms with Crippen LogP contribution in [0.4, 0.5) is 0 Å². The first kappa shape index (κ1) is 28.2. The van der Waals surface area contributed by atoms with Crippen molar-refractivity contribution in [3.05, 3.63) is 62.9 Å². The number of fused-ring (bicyclic) bond motifs is 1. The molecular formula is C29H36INO5. The van der Waals surface area contributed by atoms with Crippen LogP contribution in [0.1, 0.15) is 62.7 Å². The number of furan rings is 1. The molecule has 1 atom stereocenters. The van der Waals surface area contributed by atoms with Crippen LogP contribution in [0.2, 0.25) is 0 Å². The normalized spacial score (nSPS) is 12.3. The summed E-state index contributed by atoms with van der Waals surface area (Å²) in [7, 11) is 0. The quantitative estimate of drug-likeness (QED) is 0.126. The standard InChI is InChI=1S/C29H36INO5/c1-6-23(19(4)5)36-27(32)18-26-28(21-11-9-10-12-24(21)35-26)29(33)20-13-14-25(22(30)17-20)34-16-15-31(7-2)8-3/h9-14,17,19,23H,6-8,15-16,18H2,1-5H3/t23-/m0/s1. The molecule has 0 aliphatic rings. The van der Waals surface area contributed by atoms with Crippen LogP contribution in [-0.4, -0.2) is 49.0 Å². The van der Waals surface area contributed by atoms with Gasteiger partial charge in [0.2, 0.25) is 0 Å². The van der Waals surface area contributed by atoms with Gasteiger partial charge in [-0.3, -0.25) is 9.59 Å². The van der Waals surface area contributed by atoms with E-state index >= 15 is 0 Å². The first-order valence-corrected chi connectivity index (χ1v) is 13.8. The van der Waals surface area contributed by atoms with Crippen molar-refractivity contribution in [3.8, 4) is 5.75 Å². The first-order valence-electron chi connectivity index (χ1n) is 12.7. The summed E-state index contributed by atoms with van der Waals surface area (Å²) >= 11 is 2.19. The topological polar surface area (TPSA) is 69.0 Å². The molecule has 3 aromatic rings. The van der Waals surface area contributed by atoms with E-state index in [0.717, 1.165) is 35.4 Å². The van der Waals surface area contributed by atoms with Crippen LogP contribution in [0.15, 0.2) is 46.9 Å². The highest BCUT2D eigenvalue weighted by molar-refractivity contribution is 14.1. The van der Waals surface area contributed by atoms with Crippen molar-refractivity contribution in [1.29, 1.82) is 0 Å². The third-order valence-electron chi connectivity index (χ3n) is 6.38. The number of esters is 1. The average molecular weight is 606 g/mol. The molecule has 1 aromatic heterocycles. The molecule has 6 nitrogen and oxygen atoms in total. The van der Waals surface area contributed by atoms with E-state index in [1.54, 1.807) is 12.1 Å². The van der Waals surface area contributed by atoms with Gasteiger partial charge in [0, 0.05) is 17.5 Å². The molecule has 0 amide bonds. The Labute approximate surface area is 227 Å². The molecule has 36 heavy (non-hydrogen) atoms. The highest BCUT2D eigenvalue weighted by Gasteiger charge is 2.26. The summed E-state index contributed by atoms with van der Waals surface area (Å²) in [5.41, 5.74) is 1.50. The maximum absolute atomic E-state index is 13.7. The number of likely N-dealkylation sites (N-methyl/N-ethyl adjacent to an activating group) is 1. The van der Waals surface area contributed by atoms with E-state index in [-0.39, 0.29) is 24.2 Å². The van der Waals surface area contributed by atoms with Gasteiger partial charge in [0.05, 0.1) is 9.13 Å². The van der Waals surface area contributed by atoms with E-state index < -0.39 is 5.97 Å². The van der Waals surface area contributed by atoms with Crippen LogP contribution in [0.25, 0.3) is 11.0 Å². The van der Waals surface area contributed by atoms with Crippen LogP contribution < -0.4 is 4.74 Å². The molecule has 0 spiro atoms. The molecule has 0 aliphatic carbocycles. The largest absolute Gasteiger partial charge is 0.491 e. The Kier molecular flexibility index (Phi) is 10.4. The van der Waals surface area contributed by atoms with Gasteiger partial charge < -0.3 is 18.8 Å². The zero-order valence-corrected chi connectivity index (χ0v) is 24.0. The summed E-state index contributed by atoms with van der Waals surface area (Å²) in [6.45, 7) is 13.7. The molecule has 0 radical (unpaired) electrons. The average Bonchev–Trinajstić information content (AvgIpc) is 3.22. The van der Waals surface area contributed by atoms with Crippen LogP contribution in [0, 0.1) is 9.49 Å². The van der Waals surface area contributed by atoms with Crippen LogP contribution in [0.3, 0.4) is 0 Å². The van der Waals surface area contributed by atoms with Gasteiger partial charge >= 0.3 is 5.97 Å². The summed E-state index contributed by atoms with van der Waals surface area (Å²) in [6, 6.07) is 12.8. The summed E-state index contributed by atoms with van der Waals surface area (Å²) in [6.07, 6.45) is 0.469. The lowest BCUT2D eigenvalue weighted by Gasteiger charge is -2.19. The fourth-order valence-electron chi connectivity index (χ4n) is 4.23. The Hall–Kier alpha value is -2.39. The maximum atomic E-state index is 13.7. The Morgan fingerprint density at radius 1 is 1.06 bits per heavy atom. The molecule has 0 saturated carbocycles. The molecule has 0 saturated heterocycles. The number of ether oxygens (including phenoxy) is 2. The molecule has 0 bridgehead atoms. The van der Waals surface area contributed by atoms with Gasteiger partial charge in [-0.1, -0.05) is 52.8 Å². The van der Waals surface area contributed by atoms with E-state index in [1.165, 1.54) is 0 Å². The number of carbonyl (C=O) groups is 2. The van der Waals surface area contributed by atoms with Crippen molar-refractivity contribution >= 4 is 45.3 Å². The third-order valence-corrected chi connectivity index (χ3v) is 7.23. The number of ketones is 1. The smallest absolute Gasteiger partial charge is 0.313 e. The Morgan fingerprint density at radius 3 is 2.42 bits per heavy atom. The van der Waals surface area contributed by atoms with E-state index in [1.807, 2.05) is 51.1 Å². The fourth-order valence-corrected chi connectivity index (χ4v) is 4.90. The Morgan fingerprint density at radius 2 is 1.78 bits per heavy atom. The number of hydrogen-bond acceptors (Lipinski definition) is 6. The predicted molar refractivity (Wildman–Crippen MR) is 151 cm³/mol. The minimum absolute atomic E-state index is 0.0946. The summed E-state index contributed by atoms with van der Waals surface area (Å²) in [5, 5.41) is 0.691. The lowest BCUT2D eigenvalue weighted by Crippen LogP contribution is -2.28. The number of para-hydroxylation sites is 1. The van der Waals surface area contributed by atoms with Crippen molar-refractivity contribution in [1.82, 2.24) is 4.90 Å². The van der Waals surface area contributed by atoms with Gasteiger partial charge in [0.15, 0.2) is 5.78 Å². The van der Waals surface area contributed by atoms with Gasteiger partial charge in [-0.15, -0.1) is 0 Å². The lowest BCUT2D eigenvalue weighted by molar-refractivity contribution is -0.150. The van der Waals surface area contributed by atoms with Crippen molar-refractivity contribution in [3.63, 3.8) is 0 Å². The van der Waals surface area contributed by atoms with Crippen molar-refractivity contribution in [2.24, 2.45) is 5.92 Å². The number of carbonyl (C=O) groups excluding carboxylic acids is 2. The number of hydrogen-bond donors (Lipinski definition) is 0. The van der Waals surface area contributed by atoms with E-state index in [0.29, 0.717) is 34.5 Å². The van der Waals surface area contributed by atoms with Gasteiger partial charge in [0.1, 0.15) is 36.2 Å². The van der Waals surface area contributed by atoms with Crippen LogP contribution >= 0.6 is 22.6 Å². The minimum Gasteiger partial charge on any atom is -0.491 e. The second-order valence-electron chi connectivity index (χ2n) is 9.10. The monoisotopic (exact) mass is 605 g/mol. The van der Waals surface area contributed by atoms with Gasteiger partial charge in [0.25, 0.3) is 0 Å². The SMILES string of the molecule is CC[C@H](OC(=O)Cc1oc2ccccc2c1C(=O)c1ccc(OCCN(CC)CC)c(I)c1)C(C)C. The van der Waals surface area contributed by atoms with Gasteiger partial charge in [-0.05, 0) is 72.3 Å². The highest BCUT2D eigenvalue weighted by atomic mass is 127. The summed E-state index contributed by atoms with van der Waals surface area (Å²) in [4.78, 5) is 28.7. The molecule has 194 valence electrons. The minimum atomic E-state index is -0.393. The summed E-state index contributed by atoms with van der Waals surface area (Å²) in [5.74, 6) is 0.714. The molecule has 0 aliphatic heterocycles. The molecule has 1 heterocycles. The van der Waals surface area contributed by atoms with E-state index in [9.17, 15) is 9.59 Å². The van der Waals surface area contributed by atoms with Gasteiger partial charge in [-0.2, -0.15) is 0 Å². The second kappa shape index (κ2) is 13.2. The van der Waals surface area contributed by atoms with Crippen molar-refractivity contribution in [2.75, 3.05) is 26.2 Å². The number of nitrogens with zero attached hydrogens (tertiary/aromatic N) is 1. The third kappa shape index (κ3) is 6.88. The summed E-state index contributed by atoms with van der Waals surface area (Å²) < 4.78 is 18.5. The first-order chi connectivity index (χ1) is 17.3. The molecule has 3 rings (SSSR count). The highest BCUT2D eigenvalue weighted by Crippen LogP contribution is 2.31. The van der Waals surface area contributed by atoms with Crippen LogP contribution in [0.5, 0.6) is 5.75 Å². The number of halogens is 1. The van der Waals surface area contributed by atoms with E-state index in [4.69, 9.17) is 13.9 Å². The lowest BCUT2D eigenvalue weighted by atomic mass is 9.99. The molecule has 0 fully saturated rings. The number of rotatable bonds is 13. The molecule has 0 N–H and O–H groups in total. The Bertz CT molecular complexity index is 1180. The van der Waals surface area contributed by atoms with Crippen LogP contribution in [-0.2, 0) is 16.0 Å². The van der Waals surface area contributed by atoms with Crippen molar-refractivity contribution < 1.29 is 23.5 Å². The van der Waals surface area contributed by atoms with Crippen molar-refractivity contribution in [2.45, 2.75) is 53.6 Å². The molecule has 0 unspecified atom stereocenters. The predicted octanol–water partition coefficient (Wildman–Crippen LogP) is 6.51. The zero-order valence-electron chi connectivity index (χ0n) is 21.8. The maximum Gasteiger partial charge on any atom is 0.313 e. The van der Waals surface area contributed by atoms with E-state index in [2.05, 4.69) is 41.3 Å². The Balaban J connectivity index is 1.84. The number of benzene rings is 2. The molecule has 2 aromatic carbocycles. The zero-order chi connectivity index (χ0) is 26.2. The molecule has 7 heteroatoms. The molecular weight excluding hydrogens is 569 g/mol. The second-order valence-corrected chi connectivity index (χ2v) is 10.3. The van der Waals surface area contributed by atoms with Gasteiger partial charge in [-0.25, -0.2) is 0 Å².